The van der Waals surface area contributed by atoms with Crippen LogP contribution in [0.25, 0.3) is 0 Å². The highest BCUT2D eigenvalue weighted by atomic mass is 16.5. The predicted octanol–water partition coefficient (Wildman–Crippen LogP) is 7.61. The van der Waals surface area contributed by atoms with E-state index in [0.717, 1.165) is 52.3 Å². The summed E-state index contributed by atoms with van der Waals surface area (Å²) >= 11 is 0. The van der Waals surface area contributed by atoms with E-state index in [9.17, 15) is 28.8 Å². The molecular weight excluding hydrogens is 901 g/mol. The monoisotopic (exact) mass is 960 g/mol. The Hall–Kier alpha value is -7.68. The van der Waals surface area contributed by atoms with Crippen molar-refractivity contribution in [3.63, 3.8) is 0 Å². The zero-order valence-electron chi connectivity index (χ0n) is 41.1. The molecule has 0 unspecified atom stereocenters. The maximum Gasteiger partial charge on any atom is 0.260 e. The number of aryl methyl sites for hydroxylation is 1. The molecule has 0 radical (unpaired) electrons. The van der Waals surface area contributed by atoms with Crippen molar-refractivity contribution in [3.05, 3.63) is 130 Å². The summed E-state index contributed by atoms with van der Waals surface area (Å²) in [6.45, 7) is 6.65. The molecule has 0 saturated carbocycles. The van der Waals surface area contributed by atoms with E-state index in [1.54, 1.807) is 32.0 Å². The molecular formula is C56H60N6O9. The first-order chi connectivity index (χ1) is 34.1. The zero-order chi connectivity index (χ0) is 50.1. The Balaban J connectivity index is 0.932. The second-order valence-electron chi connectivity index (χ2n) is 19.3. The van der Waals surface area contributed by atoms with Gasteiger partial charge < -0.3 is 44.4 Å². The molecule has 0 bridgehead atoms. The Kier molecular flexibility index (Phi) is 13.9. The van der Waals surface area contributed by atoms with Gasteiger partial charge in [0.15, 0.2) is 17.3 Å². The Labute approximate surface area is 414 Å². The summed E-state index contributed by atoms with van der Waals surface area (Å²) in [5.74, 6) is -0.0385. The van der Waals surface area contributed by atoms with Gasteiger partial charge in [-0.05, 0) is 90.0 Å². The number of fused-ring (bicyclic) bond motifs is 8. The molecule has 15 nitrogen and oxygen atoms in total. The maximum atomic E-state index is 14.2. The number of rotatable bonds is 17. The first kappa shape index (κ1) is 48.3. The number of nitrogens with zero attached hydrogens (tertiary/aromatic N) is 4. The molecule has 0 spiro atoms. The van der Waals surface area contributed by atoms with Crippen molar-refractivity contribution in [2.75, 3.05) is 65.8 Å². The molecule has 4 amide bonds. The fourth-order valence-corrected chi connectivity index (χ4v) is 10.2. The first-order valence-electron chi connectivity index (χ1n) is 24.3. The summed E-state index contributed by atoms with van der Waals surface area (Å²) in [4.78, 5) is 86.7. The van der Waals surface area contributed by atoms with E-state index in [1.165, 1.54) is 7.11 Å². The Morgan fingerprint density at radius 2 is 1.17 bits per heavy atom. The lowest BCUT2D eigenvalue weighted by Gasteiger charge is -2.25. The number of anilines is 5. The largest absolute Gasteiger partial charge is 0.493 e. The van der Waals surface area contributed by atoms with Gasteiger partial charge in [-0.2, -0.15) is 0 Å². The van der Waals surface area contributed by atoms with Gasteiger partial charge in [0.25, 0.3) is 11.8 Å². The molecule has 4 aliphatic heterocycles. The summed E-state index contributed by atoms with van der Waals surface area (Å²) in [5, 5.41) is 5.49. The van der Waals surface area contributed by atoms with Crippen LogP contribution in [-0.2, 0) is 45.2 Å². The van der Waals surface area contributed by atoms with Crippen LogP contribution in [0.15, 0.2) is 91.0 Å². The number of likely N-dealkylation sites (N-methyl/N-ethyl adjacent to an activating group) is 2. The van der Waals surface area contributed by atoms with Crippen molar-refractivity contribution in [2.45, 2.75) is 84.6 Å². The van der Waals surface area contributed by atoms with Gasteiger partial charge >= 0.3 is 0 Å². The molecule has 0 aromatic heterocycles. The van der Waals surface area contributed by atoms with Crippen LogP contribution in [0.2, 0.25) is 0 Å². The summed E-state index contributed by atoms with van der Waals surface area (Å²) in [6.07, 6.45) is 1.41. The number of amides is 4. The quantitative estimate of drug-likeness (QED) is 0.0942. The van der Waals surface area contributed by atoms with E-state index >= 15 is 0 Å². The molecule has 15 heteroatoms. The number of benzene rings is 5. The minimum absolute atomic E-state index is 0.00115. The third kappa shape index (κ3) is 10.2. The summed E-state index contributed by atoms with van der Waals surface area (Å²) < 4.78 is 18.9. The number of nitrogens with one attached hydrogen (secondary N) is 2. The lowest BCUT2D eigenvalue weighted by atomic mass is 10.0. The standard InChI is InChI=1S/C56H60N6O9/c1-33(2)49(64)16-18-53(65)57-28-42(63)15-17-54(66)58-39-21-35(31-70-50-26-47-43(19-34(50)3)55(67)61-40(29-59(47)4)23-37-11-7-9-13-45(37)61)20-36(22-39)32-71-52-27-48-44(25-51(52)69-6)56(68)62-41(30-60(48)5)24-38-12-8-10-14-46(38)62/h7-14,19-22,25-27,33,40-41H,15-18,23-24,28-32H2,1-6H3,(H,57,65)(H,58,66)/t40-,41-/m0/s1. The fourth-order valence-electron chi connectivity index (χ4n) is 10.2. The van der Waals surface area contributed by atoms with Crippen LogP contribution in [0.4, 0.5) is 28.4 Å². The number of carbonyl (C=O) groups is 6. The minimum Gasteiger partial charge on any atom is -0.493 e. The number of hydrogen-bond donors (Lipinski definition) is 2. The summed E-state index contributed by atoms with van der Waals surface area (Å²) in [7, 11) is 5.50. The molecule has 4 aliphatic rings. The first-order valence-corrected chi connectivity index (χ1v) is 24.3. The zero-order valence-corrected chi connectivity index (χ0v) is 41.1. The molecule has 71 heavy (non-hydrogen) atoms. The van der Waals surface area contributed by atoms with Gasteiger partial charge in [0.1, 0.15) is 24.7 Å². The number of ketones is 2. The number of ether oxygens (including phenoxy) is 3. The van der Waals surface area contributed by atoms with Crippen LogP contribution in [0.5, 0.6) is 17.2 Å². The Morgan fingerprint density at radius 1 is 0.634 bits per heavy atom. The van der Waals surface area contributed by atoms with Crippen molar-refractivity contribution in [1.82, 2.24) is 5.32 Å². The smallest absolute Gasteiger partial charge is 0.260 e. The number of para-hydroxylation sites is 2. The van der Waals surface area contributed by atoms with E-state index in [2.05, 4.69) is 32.6 Å². The molecule has 2 N–H and O–H groups in total. The van der Waals surface area contributed by atoms with Crippen molar-refractivity contribution in [1.29, 1.82) is 0 Å². The van der Waals surface area contributed by atoms with Crippen LogP contribution in [0.1, 0.15) is 88.1 Å². The van der Waals surface area contributed by atoms with Gasteiger partial charge in [0.2, 0.25) is 11.8 Å². The molecule has 5 aromatic carbocycles. The topological polar surface area (TPSA) is 167 Å². The highest BCUT2D eigenvalue weighted by Crippen LogP contribution is 2.43. The van der Waals surface area contributed by atoms with Crippen LogP contribution >= 0.6 is 0 Å². The lowest BCUT2D eigenvalue weighted by molar-refractivity contribution is -0.128. The molecule has 0 saturated heterocycles. The fraction of sp³-hybridized carbons (Fsp3) is 0.357. The number of carbonyl (C=O) groups excluding carboxylic acids is 6. The van der Waals surface area contributed by atoms with Gasteiger partial charge in [0, 0.05) is 88.0 Å². The summed E-state index contributed by atoms with van der Waals surface area (Å²) in [6, 6.07) is 29.0. The van der Waals surface area contributed by atoms with Crippen LogP contribution < -0.4 is 44.4 Å². The van der Waals surface area contributed by atoms with E-state index in [-0.39, 0.29) is 86.8 Å². The Morgan fingerprint density at radius 3 is 1.75 bits per heavy atom. The Bertz CT molecular complexity index is 2950. The highest BCUT2D eigenvalue weighted by Gasteiger charge is 2.41. The third-order valence-corrected chi connectivity index (χ3v) is 13.9. The average molecular weight is 961 g/mol. The van der Waals surface area contributed by atoms with Gasteiger partial charge in [-0.25, -0.2) is 0 Å². The van der Waals surface area contributed by atoms with Crippen LogP contribution in [0, 0.1) is 12.8 Å². The normalized spacial score (nSPS) is 16.5. The molecule has 5 aromatic rings. The minimum atomic E-state index is -0.405. The number of Topliss-reactive ketones (excluding diaryl/α,β-unsaturated/α-hetero) is 2. The molecule has 0 fully saturated rings. The van der Waals surface area contributed by atoms with E-state index in [4.69, 9.17) is 14.2 Å². The SMILES string of the molecule is COc1cc2c(cc1OCc1cc(COc3cc4c(cc3C)C(=O)N3c5ccccc5C[C@H]3CN4C)cc(NC(=O)CCC(=O)CNC(=O)CCC(=O)C(C)C)c1)N(C)C[C@@H]1Cc3ccccc3N1C2=O. The van der Waals surface area contributed by atoms with Crippen LogP contribution in [0.3, 0.4) is 0 Å². The van der Waals surface area contributed by atoms with E-state index in [0.29, 0.717) is 58.3 Å². The predicted molar refractivity (Wildman–Crippen MR) is 272 cm³/mol. The van der Waals surface area contributed by atoms with Crippen LogP contribution in [-0.4, -0.2) is 88.1 Å². The van der Waals surface area contributed by atoms with Gasteiger partial charge in [-0.3, -0.25) is 28.8 Å². The molecule has 0 aliphatic carbocycles. The second kappa shape index (κ2) is 20.3. The van der Waals surface area contributed by atoms with Crippen molar-refractivity contribution in [3.8, 4) is 17.2 Å². The molecule has 368 valence electrons. The molecule has 9 rings (SSSR count). The number of methoxy groups -OCH3 is 1. The van der Waals surface area contributed by atoms with Crippen molar-refractivity contribution in [2.24, 2.45) is 5.92 Å². The third-order valence-electron chi connectivity index (χ3n) is 13.9. The van der Waals surface area contributed by atoms with E-state index in [1.807, 2.05) is 91.5 Å². The maximum absolute atomic E-state index is 14.2. The average Bonchev–Trinajstić information content (AvgIpc) is 3.86. The lowest BCUT2D eigenvalue weighted by Crippen LogP contribution is -2.41. The van der Waals surface area contributed by atoms with Crippen molar-refractivity contribution < 1.29 is 43.0 Å². The van der Waals surface area contributed by atoms with Gasteiger partial charge in [-0.15, -0.1) is 0 Å². The van der Waals surface area contributed by atoms with Gasteiger partial charge in [-0.1, -0.05) is 50.2 Å². The molecule has 4 heterocycles. The number of hydrogen-bond acceptors (Lipinski definition) is 11. The molecule has 2 atom stereocenters. The van der Waals surface area contributed by atoms with Gasteiger partial charge in [0.05, 0.1) is 48.2 Å². The summed E-state index contributed by atoms with van der Waals surface area (Å²) in [5.41, 5.74) is 9.44. The second-order valence-corrected chi connectivity index (χ2v) is 19.3. The van der Waals surface area contributed by atoms with Crippen molar-refractivity contribution >= 4 is 63.6 Å². The van der Waals surface area contributed by atoms with E-state index < -0.39 is 11.8 Å². The highest BCUT2D eigenvalue weighted by molar-refractivity contribution is 6.13.